The summed E-state index contributed by atoms with van der Waals surface area (Å²) in [6.07, 6.45) is -0.480. The van der Waals surface area contributed by atoms with Gasteiger partial charge in [0, 0.05) is 13.1 Å². The van der Waals surface area contributed by atoms with E-state index in [-0.39, 0.29) is 18.3 Å². The highest BCUT2D eigenvalue weighted by Crippen LogP contribution is 2.10. The van der Waals surface area contributed by atoms with Gasteiger partial charge in [0.25, 0.3) is 0 Å². The summed E-state index contributed by atoms with van der Waals surface area (Å²) in [4.78, 5) is 10.3. The molecule has 1 aliphatic rings. The SMILES string of the molecule is CC1CN(S(=O)(=O)CCC(=O)O)CCO1. The average molecular weight is 237 g/mol. The fraction of sp³-hybridized carbons (Fsp3) is 0.875. The third-order valence-corrected chi connectivity index (χ3v) is 4.01. The van der Waals surface area contributed by atoms with E-state index in [2.05, 4.69) is 0 Å². The molecule has 0 saturated carbocycles. The van der Waals surface area contributed by atoms with Gasteiger partial charge in [-0.1, -0.05) is 0 Å². The van der Waals surface area contributed by atoms with Crippen molar-refractivity contribution in [2.75, 3.05) is 25.4 Å². The Morgan fingerprint density at radius 3 is 2.80 bits per heavy atom. The van der Waals surface area contributed by atoms with Crippen molar-refractivity contribution >= 4 is 16.0 Å². The van der Waals surface area contributed by atoms with Crippen molar-refractivity contribution in [2.45, 2.75) is 19.4 Å². The molecule has 0 aromatic heterocycles. The van der Waals surface area contributed by atoms with Gasteiger partial charge in [-0.2, -0.15) is 4.31 Å². The van der Waals surface area contributed by atoms with Crippen LogP contribution in [0, 0.1) is 0 Å². The molecule has 1 fully saturated rings. The molecular formula is C8H15NO5S. The molecule has 15 heavy (non-hydrogen) atoms. The van der Waals surface area contributed by atoms with Gasteiger partial charge in [-0.3, -0.25) is 4.79 Å². The quantitative estimate of drug-likeness (QED) is 0.713. The average Bonchev–Trinajstić information content (AvgIpc) is 2.15. The Hall–Kier alpha value is -0.660. The zero-order valence-corrected chi connectivity index (χ0v) is 9.37. The number of hydrogen-bond donors (Lipinski definition) is 1. The van der Waals surface area contributed by atoms with Crippen LogP contribution in [0.3, 0.4) is 0 Å². The minimum atomic E-state index is -3.44. The summed E-state index contributed by atoms with van der Waals surface area (Å²) >= 11 is 0. The van der Waals surface area contributed by atoms with Crippen LogP contribution in [0.25, 0.3) is 0 Å². The molecule has 0 aromatic carbocycles. The number of carboxylic acid groups (broad SMARTS) is 1. The molecule has 1 saturated heterocycles. The molecular weight excluding hydrogens is 222 g/mol. The van der Waals surface area contributed by atoms with Gasteiger partial charge in [0.05, 0.1) is 24.9 Å². The summed E-state index contributed by atoms with van der Waals surface area (Å²) < 4.78 is 29.8. The lowest BCUT2D eigenvalue weighted by Crippen LogP contribution is -2.45. The summed E-state index contributed by atoms with van der Waals surface area (Å²) in [6, 6.07) is 0. The van der Waals surface area contributed by atoms with Crippen molar-refractivity contribution in [1.29, 1.82) is 0 Å². The molecule has 0 aliphatic carbocycles. The van der Waals surface area contributed by atoms with Gasteiger partial charge in [-0.15, -0.1) is 0 Å². The van der Waals surface area contributed by atoms with Crippen LogP contribution in [0.15, 0.2) is 0 Å². The highest BCUT2D eigenvalue weighted by molar-refractivity contribution is 7.89. The number of sulfonamides is 1. The number of ether oxygens (including phenoxy) is 1. The first-order valence-electron chi connectivity index (χ1n) is 4.73. The minimum absolute atomic E-state index is 0.127. The maximum Gasteiger partial charge on any atom is 0.304 e. The zero-order valence-electron chi connectivity index (χ0n) is 8.55. The van der Waals surface area contributed by atoms with Crippen LogP contribution >= 0.6 is 0 Å². The second-order valence-corrected chi connectivity index (χ2v) is 5.59. The topological polar surface area (TPSA) is 83.9 Å². The van der Waals surface area contributed by atoms with E-state index in [1.54, 1.807) is 6.92 Å². The minimum Gasteiger partial charge on any atom is -0.481 e. The van der Waals surface area contributed by atoms with Gasteiger partial charge in [0.2, 0.25) is 10.0 Å². The Bertz CT molecular complexity index is 326. The van der Waals surface area contributed by atoms with E-state index in [0.717, 1.165) is 0 Å². The largest absolute Gasteiger partial charge is 0.481 e. The van der Waals surface area contributed by atoms with Crippen LogP contribution in [-0.2, 0) is 19.6 Å². The molecule has 1 unspecified atom stereocenters. The molecule has 1 N–H and O–H groups in total. The molecule has 0 amide bonds. The number of hydrogen-bond acceptors (Lipinski definition) is 4. The van der Waals surface area contributed by atoms with Gasteiger partial charge in [-0.25, -0.2) is 8.42 Å². The fourth-order valence-corrected chi connectivity index (χ4v) is 2.87. The van der Waals surface area contributed by atoms with E-state index in [0.29, 0.717) is 19.7 Å². The van der Waals surface area contributed by atoms with E-state index < -0.39 is 16.0 Å². The van der Waals surface area contributed by atoms with E-state index in [1.807, 2.05) is 0 Å². The Morgan fingerprint density at radius 2 is 2.27 bits per heavy atom. The first-order valence-corrected chi connectivity index (χ1v) is 6.34. The molecule has 7 heteroatoms. The van der Waals surface area contributed by atoms with Gasteiger partial charge < -0.3 is 9.84 Å². The van der Waals surface area contributed by atoms with Crippen molar-refractivity contribution in [3.63, 3.8) is 0 Å². The van der Waals surface area contributed by atoms with Gasteiger partial charge in [0.15, 0.2) is 0 Å². The molecule has 88 valence electrons. The summed E-state index contributed by atoms with van der Waals surface area (Å²) in [5.74, 6) is -1.44. The third-order valence-electron chi connectivity index (χ3n) is 2.17. The van der Waals surface area contributed by atoms with E-state index in [9.17, 15) is 13.2 Å². The number of carbonyl (C=O) groups is 1. The summed E-state index contributed by atoms with van der Waals surface area (Å²) in [5, 5.41) is 8.42. The second-order valence-electron chi connectivity index (χ2n) is 3.50. The number of nitrogens with zero attached hydrogens (tertiary/aromatic N) is 1. The molecule has 1 aliphatic heterocycles. The normalized spacial score (nSPS) is 23.9. The van der Waals surface area contributed by atoms with E-state index >= 15 is 0 Å². The molecule has 0 aromatic rings. The number of rotatable bonds is 4. The lowest BCUT2D eigenvalue weighted by Gasteiger charge is -2.30. The monoisotopic (exact) mass is 237 g/mol. The highest BCUT2D eigenvalue weighted by atomic mass is 32.2. The summed E-state index contributed by atoms with van der Waals surface area (Å²) in [6.45, 7) is 2.78. The van der Waals surface area contributed by atoms with Crippen LogP contribution < -0.4 is 0 Å². The van der Waals surface area contributed by atoms with Crippen molar-refractivity contribution in [3.8, 4) is 0 Å². The van der Waals surface area contributed by atoms with Crippen molar-refractivity contribution < 1.29 is 23.1 Å². The van der Waals surface area contributed by atoms with Gasteiger partial charge in [0.1, 0.15) is 0 Å². The molecule has 1 atom stereocenters. The summed E-state index contributed by atoms with van der Waals surface area (Å²) in [5.41, 5.74) is 0. The Balaban J connectivity index is 2.56. The summed E-state index contributed by atoms with van der Waals surface area (Å²) in [7, 11) is -3.44. The smallest absolute Gasteiger partial charge is 0.304 e. The predicted molar refractivity (Wildman–Crippen MR) is 53.0 cm³/mol. The van der Waals surface area contributed by atoms with Gasteiger partial charge >= 0.3 is 5.97 Å². The lowest BCUT2D eigenvalue weighted by atomic mass is 10.3. The first kappa shape index (κ1) is 12.4. The Kier molecular flexibility index (Phi) is 4.06. The molecule has 0 spiro atoms. The van der Waals surface area contributed by atoms with Crippen LogP contribution in [0.2, 0.25) is 0 Å². The van der Waals surface area contributed by atoms with Crippen LogP contribution in [0.1, 0.15) is 13.3 Å². The van der Waals surface area contributed by atoms with Crippen LogP contribution in [0.5, 0.6) is 0 Å². The molecule has 1 heterocycles. The molecule has 6 nitrogen and oxygen atoms in total. The van der Waals surface area contributed by atoms with E-state index in [1.165, 1.54) is 4.31 Å². The van der Waals surface area contributed by atoms with Gasteiger partial charge in [-0.05, 0) is 6.92 Å². The lowest BCUT2D eigenvalue weighted by molar-refractivity contribution is -0.136. The predicted octanol–water partition coefficient (Wildman–Crippen LogP) is -0.488. The highest BCUT2D eigenvalue weighted by Gasteiger charge is 2.27. The standard InChI is InChI=1S/C8H15NO5S/c1-7-6-9(3-4-14-7)15(12,13)5-2-8(10)11/h7H,2-6H2,1H3,(H,10,11). The number of carboxylic acids is 1. The van der Waals surface area contributed by atoms with Crippen molar-refractivity contribution in [2.24, 2.45) is 0 Å². The molecule has 0 bridgehead atoms. The fourth-order valence-electron chi connectivity index (χ4n) is 1.38. The van der Waals surface area contributed by atoms with Crippen molar-refractivity contribution in [3.05, 3.63) is 0 Å². The maximum absolute atomic E-state index is 11.6. The third kappa shape index (κ3) is 3.77. The zero-order chi connectivity index (χ0) is 11.5. The number of aliphatic carboxylic acids is 1. The second kappa shape index (κ2) is 4.91. The maximum atomic E-state index is 11.6. The number of morpholine rings is 1. The Morgan fingerprint density at radius 1 is 1.60 bits per heavy atom. The first-order chi connectivity index (χ1) is 6.92. The van der Waals surface area contributed by atoms with Crippen molar-refractivity contribution in [1.82, 2.24) is 4.31 Å². The van der Waals surface area contributed by atoms with E-state index in [4.69, 9.17) is 9.84 Å². The molecule has 1 rings (SSSR count). The van der Waals surface area contributed by atoms with Crippen LogP contribution in [-0.4, -0.2) is 55.4 Å². The Labute approximate surface area is 88.9 Å². The molecule has 0 radical (unpaired) electrons. The van der Waals surface area contributed by atoms with Crippen LogP contribution in [0.4, 0.5) is 0 Å².